The normalized spacial score (nSPS) is 10.9. The van der Waals surface area contributed by atoms with Crippen LogP contribution in [0, 0.1) is 6.92 Å². The quantitative estimate of drug-likeness (QED) is 0.640. The Labute approximate surface area is 97.9 Å². The van der Waals surface area contributed by atoms with E-state index in [2.05, 4.69) is 15.3 Å². The van der Waals surface area contributed by atoms with Gasteiger partial charge in [0.25, 0.3) is 0 Å². The Balaban J connectivity index is 2.27. The second kappa shape index (κ2) is 3.55. The molecule has 0 unspecified atom stereocenters. The first-order valence-electron chi connectivity index (χ1n) is 5.28. The van der Waals surface area contributed by atoms with Crippen molar-refractivity contribution in [3.63, 3.8) is 0 Å². The van der Waals surface area contributed by atoms with Crippen LogP contribution in [0.25, 0.3) is 17.0 Å². The molecule has 0 bridgehead atoms. The molecule has 0 amide bonds. The Kier molecular flexibility index (Phi) is 2.04. The summed E-state index contributed by atoms with van der Waals surface area (Å²) in [5, 5.41) is 12.5. The molecule has 0 saturated carbocycles. The molecule has 84 valence electrons. The highest BCUT2D eigenvalue weighted by atomic mass is 15.4. The minimum absolute atomic E-state index is 0.734. The van der Waals surface area contributed by atoms with Gasteiger partial charge in [0.05, 0.1) is 0 Å². The number of aryl methyl sites for hydroxylation is 1. The Morgan fingerprint density at radius 2 is 2.06 bits per heavy atom. The highest BCUT2D eigenvalue weighted by Crippen LogP contribution is 2.23. The van der Waals surface area contributed by atoms with Crippen molar-refractivity contribution in [2.24, 2.45) is 0 Å². The molecule has 2 heterocycles. The van der Waals surface area contributed by atoms with Crippen LogP contribution in [0.15, 0.2) is 36.5 Å². The lowest BCUT2D eigenvalue weighted by atomic mass is 10.1. The van der Waals surface area contributed by atoms with E-state index < -0.39 is 0 Å². The molecule has 3 aromatic rings. The SMILES string of the molecule is Cc1cc(N)ccc1-c1nnc2cccnn12. The van der Waals surface area contributed by atoms with Crippen LogP contribution >= 0.6 is 0 Å². The molecule has 0 atom stereocenters. The van der Waals surface area contributed by atoms with Gasteiger partial charge < -0.3 is 5.73 Å². The third kappa shape index (κ3) is 1.52. The van der Waals surface area contributed by atoms with Crippen LogP contribution in [0.2, 0.25) is 0 Å². The third-order valence-electron chi connectivity index (χ3n) is 2.67. The molecule has 0 radical (unpaired) electrons. The summed E-state index contributed by atoms with van der Waals surface area (Å²) < 4.78 is 1.72. The van der Waals surface area contributed by atoms with Gasteiger partial charge in [-0.15, -0.1) is 10.2 Å². The smallest absolute Gasteiger partial charge is 0.185 e. The van der Waals surface area contributed by atoms with E-state index in [-0.39, 0.29) is 0 Å². The van der Waals surface area contributed by atoms with Gasteiger partial charge in [0, 0.05) is 17.4 Å². The summed E-state index contributed by atoms with van der Waals surface area (Å²) in [6, 6.07) is 9.42. The van der Waals surface area contributed by atoms with Gasteiger partial charge in [-0.25, -0.2) is 0 Å². The van der Waals surface area contributed by atoms with Crippen molar-refractivity contribution >= 4 is 11.3 Å². The molecule has 0 spiro atoms. The van der Waals surface area contributed by atoms with E-state index in [4.69, 9.17) is 5.73 Å². The van der Waals surface area contributed by atoms with Crippen molar-refractivity contribution in [1.29, 1.82) is 0 Å². The van der Waals surface area contributed by atoms with Crippen LogP contribution in [0.4, 0.5) is 5.69 Å². The second-order valence-corrected chi connectivity index (χ2v) is 3.89. The molecular formula is C12H11N5. The number of hydrogen-bond acceptors (Lipinski definition) is 4. The molecule has 0 aliphatic heterocycles. The van der Waals surface area contributed by atoms with Gasteiger partial charge in [-0.2, -0.15) is 9.61 Å². The number of anilines is 1. The van der Waals surface area contributed by atoms with Crippen molar-refractivity contribution in [3.05, 3.63) is 42.1 Å². The van der Waals surface area contributed by atoms with E-state index in [1.54, 1.807) is 10.7 Å². The van der Waals surface area contributed by atoms with Gasteiger partial charge in [-0.1, -0.05) is 0 Å². The van der Waals surface area contributed by atoms with E-state index in [9.17, 15) is 0 Å². The third-order valence-corrected chi connectivity index (χ3v) is 2.67. The lowest BCUT2D eigenvalue weighted by Gasteiger charge is -2.04. The zero-order valence-electron chi connectivity index (χ0n) is 9.33. The Morgan fingerprint density at radius 1 is 1.18 bits per heavy atom. The van der Waals surface area contributed by atoms with Gasteiger partial charge in [0.1, 0.15) is 0 Å². The number of rotatable bonds is 1. The van der Waals surface area contributed by atoms with Gasteiger partial charge in [0.15, 0.2) is 11.5 Å². The fourth-order valence-corrected chi connectivity index (χ4v) is 1.85. The van der Waals surface area contributed by atoms with Crippen molar-refractivity contribution in [3.8, 4) is 11.4 Å². The van der Waals surface area contributed by atoms with Crippen LogP contribution in [0.3, 0.4) is 0 Å². The summed E-state index contributed by atoms with van der Waals surface area (Å²) in [5.41, 5.74) is 9.26. The number of nitrogen functional groups attached to an aromatic ring is 1. The van der Waals surface area contributed by atoms with Gasteiger partial charge in [0.2, 0.25) is 0 Å². The zero-order valence-corrected chi connectivity index (χ0v) is 9.33. The van der Waals surface area contributed by atoms with Crippen LogP contribution < -0.4 is 5.73 Å². The number of fused-ring (bicyclic) bond motifs is 1. The summed E-state index contributed by atoms with van der Waals surface area (Å²) in [4.78, 5) is 0. The van der Waals surface area contributed by atoms with Crippen LogP contribution in [0.1, 0.15) is 5.56 Å². The van der Waals surface area contributed by atoms with Crippen molar-refractivity contribution in [1.82, 2.24) is 19.8 Å². The first kappa shape index (κ1) is 9.77. The molecule has 2 aromatic heterocycles. The summed E-state index contributed by atoms with van der Waals surface area (Å²) in [7, 11) is 0. The highest BCUT2D eigenvalue weighted by Gasteiger charge is 2.10. The van der Waals surface area contributed by atoms with Gasteiger partial charge in [-0.05, 0) is 42.8 Å². The van der Waals surface area contributed by atoms with E-state index in [1.807, 2.05) is 37.3 Å². The number of nitrogens with two attached hydrogens (primary N) is 1. The van der Waals surface area contributed by atoms with E-state index in [0.717, 1.165) is 28.3 Å². The number of nitrogens with zero attached hydrogens (tertiary/aromatic N) is 4. The topological polar surface area (TPSA) is 69.1 Å². The molecule has 1 aromatic carbocycles. The molecule has 0 fully saturated rings. The van der Waals surface area contributed by atoms with Crippen molar-refractivity contribution in [2.45, 2.75) is 6.92 Å². The minimum Gasteiger partial charge on any atom is -0.399 e. The fraction of sp³-hybridized carbons (Fsp3) is 0.0833. The molecular weight excluding hydrogens is 214 g/mol. The number of aromatic nitrogens is 4. The van der Waals surface area contributed by atoms with Gasteiger partial charge in [-0.3, -0.25) is 0 Å². The summed E-state index contributed by atoms with van der Waals surface area (Å²) >= 11 is 0. The predicted molar refractivity (Wildman–Crippen MR) is 65.4 cm³/mol. The number of benzene rings is 1. The van der Waals surface area contributed by atoms with Crippen LogP contribution in [-0.2, 0) is 0 Å². The standard InChI is InChI=1S/C12H11N5/c1-8-7-9(13)4-5-10(8)12-16-15-11-3-2-6-14-17(11)12/h2-7H,13H2,1H3. The summed E-state index contributed by atoms with van der Waals surface area (Å²) in [5.74, 6) is 0.734. The maximum Gasteiger partial charge on any atom is 0.185 e. The Hall–Kier alpha value is -2.43. The maximum atomic E-state index is 5.74. The van der Waals surface area contributed by atoms with Crippen LogP contribution in [0.5, 0.6) is 0 Å². The van der Waals surface area contributed by atoms with Gasteiger partial charge >= 0.3 is 0 Å². The van der Waals surface area contributed by atoms with E-state index in [1.165, 1.54) is 0 Å². The second-order valence-electron chi connectivity index (χ2n) is 3.89. The van der Waals surface area contributed by atoms with E-state index >= 15 is 0 Å². The molecule has 0 aliphatic rings. The largest absolute Gasteiger partial charge is 0.399 e. The average molecular weight is 225 g/mol. The molecule has 3 rings (SSSR count). The number of hydrogen-bond donors (Lipinski definition) is 1. The summed E-state index contributed by atoms with van der Waals surface area (Å²) in [6.07, 6.45) is 1.71. The predicted octanol–water partition coefficient (Wildman–Crippen LogP) is 1.68. The molecule has 5 heteroatoms. The first-order valence-corrected chi connectivity index (χ1v) is 5.28. The highest BCUT2D eigenvalue weighted by molar-refractivity contribution is 5.65. The fourth-order valence-electron chi connectivity index (χ4n) is 1.85. The molecule has 2 N–H and O–H groups in total. The van der Waals surface area contributed by atoms with E-state index in [0.29, 0.717) is 0 Å². The monoisotopic (exact) mass is 225 g/mol. The zero-order chi connectivity index (χ0) is 11.8. The molecule has 17 heavy (non-hydrogen) atoms. The average Bonchev–Trinajstić information content (AvgIpc) is 2.73. The molecule has 5 nitrogen and oxygen atoms in total. The first-order chi connectivity index (χ1) is 8.25. The minimum atomic E-state index is 0.734. The Bertz CT molecular complexity index is 686. The van der Waals surface area contributed by atoms with Crippen molar-refractivity contribution < 1.29 is 0 Å². The Morgan fingerprint density at radius 3 is 2.88 bits per heavy atom. The summed E-state index contributed by atoms with van der Waals surface area (Å²) in [6.45, 7) is 2.00. The molecule has 0 saturated heterocycles. The lowest BCUT2D eigenvalue weighted by Crippen LogP contribution is -1.96. The van der Waals surface area contributed by atoms with Crippen molar-refractivity contribution in [2.75, 3.05) is 5.73 Å². The maximum absolute atomic E-state index is 5.74. The lowest BCUT2D eigenvalue weighted by molar-refractivity contribution is 0.934. The molecule has 0 aliphatic carbocycles. The van der Waals surface area contributed by atoms with Crippen LogP contribution in [-0.4, -0.2) is 19.8 Å².